The van der Waals surface area contributed by atoms with E-state index in [4.69, 9.17) is 17.3 Å². The van der Waals surface area contributed by atoms with Gasteiger partial charge in [0.15, 0.2) is 5.13 Å². The van der Waals surface area contributed by atoms with Crippen molar-refractivity contribution in [3.63, 3.8) is 0 Å². The summed E-state index contributed by atoms with van der Waals surface area (Å²) < 4.78 is 5.35. The maximum atomic E-state index is 11.4. The molecule has 6 heteroatoms. The summed E-state index contributed by atoms with van der Waals surface area (Å²) in [5.74, 6) is -0.439. The number of hydrogen-bond donors (Lipinski definition) is 1. The maximum absolute atomic E-state index is 11.4. The van der Waals surface area contributed by atoms with Gasteiger partial charge in [0.05, 0.1) is 22.9 Å². The van der Waals surface area contributed by atoms with Gasteiger partial charge in [-0.05, 0) is 12.1 Å². The van der Waals surface area contributed by atoms with Crippen LogP contribution in [0.4, 0.5) is 5.13 Å². The SMILES string of the molecule is COC(=O)c1cc(Cl)cc2nc(N)sc12. The topological polar surface area (TPSA) is 65.2 Å². The smallest absolute Gasteiger partial charge is 0.339 e. The van der Waals surface area contributed by atoms with Gasteiger partial charge in [-0.2, -0.15) is 0 Å². The lowest BCUT2D eigenvalue weighted by Crippen LogP contribution is -2.01. The molecule has 15 heavy (non-hydrogen) atoms. The normalized spacial score (nSPS) is 10.5. The van der Waals surface area contributed by atoms with Crippen LogP contribution in [0.15, 0.2) is 12.1 Å². The fraction of sp³-hybridized carbons (Fsp3) is 0.111. The second kappa shape index (κ2) is 3.67. The van der Waals surface area contributed by atoms with E-state index in [0.29, 0.717) is 25.9 Å². The Morgan fingerprint density at radius 1 is 1.60 bits per heavy atom. The van der Waals surface area contributed by atoms with E-state index in [-0.39, 0.29) is 0 Å². The third-order valence-corrected chi connectivity index (χ3v) is 3.03. The van der Waals surface area contributed by atoms with Gasteiger partial charge in [-0.3, -0.25) is 0 Å². The van der Waals surface area contributed by atoms with Gasteiger partial charge in [0.25, 0.3) is 0 Å². The van der Waals surface area contributed by atoms with Gasteiger partial charge in [0.1, 0.15) is 0 Å². The minimum Gasteiger partial charge on any atom is -0.465 e. The Bertz CT molecular complexity index is 538. The van der Waals surface area contributed by atoms with Crippen LogP contribution in [-0.4, -0.2) is 18.1 Å². The molecule has 0 aliphatic heterocycles. The first kappa shape index (κ1) is 10.2. The molecule has 0 aliphatic carbocycles. The molecule has 0 saturated carbocycles. The van der Waals surface area contributed by atoms with E-state index in [1.54, 1.807) is 12.1 Å². The van der Waals surface area contributed by atoms with Crippen LogP contribution in [0.1, 0.15) is 10.4 Å². The van der Waals surface area contributed by atoms with Crippen molar-refractivity contribution in [1.29, 1.82) is 0 Å². The summed E-state index contributed by atoms with van der Waals surface area (Å²) in [7, 11) is 1.32. The maximum Gasteiger partial charge on any atom is 0.339 e. The van der Waals surface area contributed by atoms with Crippen molar-refractivity contribution in [2.45, 2.75) is 0 Å². The first-order valence-electron chi connectivity index (χ1n) is 4.05. The molecule has 2 aromatic rings. The molecule has 4 nitrogen and oxygen atoms in total. The van der Waals surface area contributed by atoms with E-state index in [2.05, 4.69) is 9.72 Å². The van der Waals surface area contributed by atoms with Crippen LogP contribution in [0.5, 0.6) is 0 Å². The number of nitrogens with two attached hydrogens (primary N) is 1. The minimum atomic E-state index is -0.439. The van der Waals surface area contributed by atoms with Crippen LogP contribution in [0.3, 0.4) is 0 Å². The number of aromatic nitrogens is 1. The van der Waals surface area contributed by atoms with Crippen LogP contribution in [0.2, 0.25) is 5.02 Å². The Hall–Kier alpha value is -1.33. The average Bonchev–Trinajstić information content (AvgIpc) is 2.55. The van der Waals surface area contributed by atoms with E-state index >= 15 is 0 Å². The lowest BCUT2D eigenvalue weighted by Gasteiger charge is -2.00. The number of rotatable bonds is 1. The number of carbonyl (C=O) groups excluding carboxylic acids is 1. The summed E-state index contributed by atoms with van der Waals surface area (Å²) >= 11 is 7.09. The zero-order chi connectivity index (χ0) is 11.0. The van der Waals surface area contributed by atoms with Crippen LogP contribution in [0.25, 0.3) is 10.2 Å². The number of ether oxygens (including phenoxy) is 1. The molecule has 0 aliphatic rings. The number of fused-ring (bicyclic) bond motifs is 1. The molecule has 0 unspecified atom stereocenters. The molecule has 1 aromatic heterocycles. The highest BCUT2D eigenvalue weighted by atomic mass is 35.5. The zero-order valence-corrected chi connectivity index (χ0v) is 9.35. The molecule has 0 spiro atoms. The molecule has 0 saturated heterocycles. The molecule has 2 N–H and O–H groups in total. The van der Waals surface area contributed by atoms with Crippen LogP contribution < -0.4 is 5.73 Å². The molecule has 0 radical (unpaired) electrons. The highest BCUT2D eigenvalue weighted by Crippen LogP contribution is 2.30. The first-order chi connectivity index (χ1) is 7.11. The van der Waals surface area contributed by atoms with E-state index in [1.807, 2.05) is 0 Å². The summed E-state index contributed by atoms with van der Waals surface area (Å²) in [6.07, 6.45) is 0. The largest absolute Gasteiger partial charge is 0.465 e. The quantitative estimate of drug-likeness (QED) is 0.780. The molecular formula is C9H7ClN2O2S. The number of benzene rings is 1. The Balaban J connectivity index is 2.75. The van der Waals surface area contributed by atoms with Gasteiger partial charge < -0.3 is 10.5 Å². The molecule has 0 atom stereocenters. The Morgan fingerprint density at radius 2 is 2.33 bits per heavy atom. The summed E-state index contributed by atoms with van der Waals surface area (Å²) in [4.78, 5) is 15.5. The minimum absolute atomic E-state index is 0.397. The number of carbonyl (C=O) groups is 1. The second-order valence-electron chi connectivity index (χ2n) is 2.85. The van der Waals surface area contributed by atoms with Crippen molar-refractivity contribution in [1.82, 2.24) is 4.98 Å². The number of anilines is 1. The fourth-order valence-corrected chi connectivity index (χ4v) is 2.30. The third-order valence-electron chi connectivity index (χ3n) is 1.88. The second-order valence-corrected chi connectivity index (χ2v) is 4.31. The Morgan fingerprint density at radius 3 is 3.00 bits per heavy atom. The van der Waals surface area contributed by atoms with E-state index in [1.165, 1.54) is 18.4 Å². The molecule has 0 bridgehead atoms. The predicted molar refractivity (Wildman–Crippen MR) is 60.4 cm³/mol. The fourth-order valence-electron chi connectivity index (χ4n) is 1.28. The highest BCUT2D eigenvalue weighted by molar-refractivity contribution is 7.22. The van der Waals surface area contributed by atoms with Gasteiger partial charge in [0.2, 0.25) is 0 Å². The van der Waals surface area contributed by atoms with E-state index in [9.17, 15) is 4.79 Å². The van der Waals surface area contributed by atoms with Crippen molar-refractivity contribution in [3.8, 4) is 0 Å². The number of nitrogen functional groups attached to an aromatic ring is 1. The van der Waals surface area contributed by atoms with Crippen LogP contribution >= 0.6 is 22.9 Å². The predicted octanol–water partition coefficient (Wildman–Crippen LogP) is 2.32. The summed E-state index contributed by atoms with van der Waals surface area (Å²) in [6.45, 7) is 0. The van der Waals surface area contributed by atoms with Gasteiger partial charge in [-0.1, -0.05) is 22.9 Å². The molecular weight excluding hydrogens is 236 g/mol. The molecule has 0 fully saturated rings. The molecule has 0 amide bonds. The number of hydrogen-bond acceptors (Lipinski definition) is 5. The van der Waals surface area contributed by atoms with Crippen LogP contribution in [0, 0.1) is 0 Å². The number of nitrogens with zero attached hydrogens (tertiary/aromatic N) is 1. The molecule has 78 valence electrons. The standard InChI is InChI=1S/C9H7ClN2O2S/c1-14-8(13)5-2-4(10)3-6-7(5)15-9(11)12-6/h2-3H,1H3,(H2,11,12). The summed E-state index contributed by atoms with van der Waals surface area (Å²) in [5, 5.41) is 0.839. The lowest BCUT2D eigenvalue weighted by atomic mass is 10.2. The molecule has 1 heterocycles. The highest BCUT2D eigenvalue weighted by Gasteiger charge is 2.14. The van der Waals surface area contributed by atoms with Crippen molar-refractivity contribution in [2.75, 3.05) is 12.8 Å². The molecule has 2 rings (SSSR count). The van der Waals surface area contributed by atoms with Crippen molar-refractivity contribution in [3.05, 3.63) is 22.7 Å². The average molecular weight is 243 g/mol. The number of esters is 1. The summed E-state index contributed by atoms with van der Waals surface area (Å²) in [6, 6.07) is 3.21. The first-order valence-corrected chi connectivity index (χ1v) is 5.25. The van der Waals surface area contributed by atoms with E-state index < -0.39 is 5.97 Å². The Kier molecular flexibility index (Phi) is 2.50. The van der Waals surface area contributed by atoms with Gasteiger partial charge in [-0.15, -0.1) is 0 Å². The lowest BCUT2D eigenvalue weighted by molar-refractivity contribution is 0.0603. The summed E-state index contributed by atoms with van der Waals surface area (Å²) in [5.41, 5.74) is 6.58. The number of halogens is 1. The molecule has 1 aromatic carbocycles. The van der Waals surface area contributed by atoms with Gasteiger partial charge in [-0.25, -0.2) is 9.78 Å². The van der Waals surface area contributed by atoms with Gasteiger partial charge in [0, 0.05) is 5.02 Å². The Labute approximate surface area is 94.6 Å². The number of thiazole rings is 1. The van der Waals surface area contributed by atoms with Crippen molar-refractivity contribution >= 4 is 44.3 Å². The number of methoxy groups -OCH3 is 1. The van der Waals surface area contributed by atoms with Gasteiger partial charge >= 0.3 is 5.97 Å². The van der Waals surface area contributed by atoms with Crippen molar-refractivity contribution < 1.29 is 9.53 Å². The monoisotopic (exact) mass is 242 g/mol. The third kappa shape index (κ3) is 1.75. The zero-order valence-electron chi connectivity index (χ0n) is 7.78. The van der Waals surface area contributed by atoms with Crippen molar-refractivity contribution in [2.24, 2.45) is 0 Å². The van der Waals surface area contributed by atoms with E-state index in [0.717, 1.165) is 0 Å². The van der Waals surface area contributed by atoms with Crippen LogP contribution in [-0.2, 0) is 4.74 Å².